The van der Waals surface area contributed by atoms with Gasteiger partial charge in [0.05, 0.1) is 0 Å². The lowest BCUT2D eigenvalue weighted by molar-refractivity contribution is -0.0598. The predicted octanol–water partition coefficient (Wildman–Crippen LogP) is 1.66. The molecule has 0 saturated heterocycles. The Labute approximate surface area is 57.1 Å². The fourth-order valence-corrected chi connectivity index (χ4v) is 1.71. The Bertz CT molecular complexity index is 101. The summed E-state index contributed by atoms with van der Waals surface area (Å²) < 4.78 is 0. The summed E-state index contributed by atoms with van der Waals surface area (Å²) in [6, 6.07) is 0. The van der Waals surface area contributed by atoms with Crippen LogP contribution in [0.3, 0.4) is 0 Å². The molecule has 0 radical (unpaired) electrons. The monoisotopic (exact) mass is 128 g/mol. The highest BCUT2D eigenvalue weighted by molar-refractivity contribution is 4.94. The Hall–Kier alpha value is -0.0400. The van der Waals surface area contributed by atoms with Crippen LogP contribution < -0.4 is 0 Å². The Balaban J connectivity index is 2.55. The number of aliphatic hydroxyl groups is 1. The second kappa shape index (κ2) is 1.98. The van der Waals surface area contributed by atoms with E-state index in [1.165, 1.54) is 6.42 Å². The highest BCUT2D eigenvalue weighted by Gasteiger charge is 2.45. The molecule has 1 aliphatic rings. The lowest BCUT2D eigenvalue weighted by Crippen LogP contribution is -2.46. The van der Waals surface area contributed by atoms with Gasteiger partial charge in [-0.15, -0.1) is 0 Å². The molecule has 54 valence electrons. The fraction of sp³-hybridized carbons (Fsp3) is 1.00. The van der Waals surface area contributed by atoms with Gasteiger partial charge in [0.15, 0.2) is 0 Å². The van der Waals surface area contributed by atoms with Gasteiger partial charge in [0.1, 0.15) is 0 Å². The van der Waals surface area contributed by atoms with Crippen molar-refractivity contribution in [1.29, 1.82) is 0 Å². The smallest absolute Gasteiger partial charge is 0.0489 e. The minimum absolute atomic E-state index is 0.236. The maximum Gasteiger partial charge on any atom is 0.0489 e. The molecule has 0 aliphatic heterocycles. The SMILES string of the molecule is CC1CC(C)C1(C)CO. The van der Waals surface area contributed by atoms with Crippen LogP contribution in [0.25, 0.3) is 0 Å². The molecular weight excluding hydrogens is 112 g/mol. The van der Waals surface area contributed by atoms with Crippen LogP contribution in [0.15, 0.2) is 0 Å². The quantitative estimate of drug-likeness (QED) is 0.569. The maximum absolute atomic E-state index is 8.99. The Morgan fingerprint density at radius 3 is 2.00 bits per heavy atom. The zero-order chi connectivity index (χ0) is 7.07. The molecule has 0 heterocycles. The number of aliphatic hydroxyl groups excluding tert-OH is 1. The summed E-state index contributed by atoms with van der Waals surface area (Å²) >= 11 is 0. The zero-order valence-corrected chi connectivity index (χ0v) is 6.52. The molecule has 1 aliphatic carbocycles. The van der Waals surface area contributed by atoms with Gasteiger partial charge in [-0.1, -0.05) is 20.8 Å². The number of hydrogen-bond donors (Lipinski definition) is 1. The summed E-state index contributed by atoms with van der Waals surface area (Å²) in [5.74, 6) is 1.44. The summed E-state index contributed by atoms with van der Waals surface area (Å²) in [4.78, 5) is 0. The number of hydrogen-bond acceptors (Lipinski definition) is 1. The predicted molar refractivity (Wildman–Crippen MR) is 38.1 cm³/mol. The van der Waals surface area contributed by atoms with Gasteiger partial charge in [-0.25, -0.2) is 0 Å². The molecule has 1 saturated carbocycles. The van der Waals surface area contributed by atoms with Crippen LogP contribution >= 0.6 is 0 Å². The van der Waals surface area contributed by atoms with Crippen molar-refractivity contribution in [3.05, 3.63) is 0 Å². The Morgan fingerprint density at radius 2 is 1.89 bits per heavy atom. The van der Waals surface area contributed by atoms with Crippen LogP contribution in [0.4, 0.5) is 0 Å². The molecule has 2 unspecified atom stereocenters. The van der Waals surface area contributed by atoms with E-state index in [0.29, 0.717) is 6.61 Å². The normalized spacial score (nSPS) is 50.7. The van der Waals surface area contributed by atoms with Crippen LogP contribution in [0.1, 0.15) is 27.2 Å². The molecular formula is C8H16O. The van der Waals surface area contributed by atoms with Crippen molar-refractivity contribution in [3.63, 3.8) is 0 Å². The third-order valence-electron chi connectivity index (χ3n) is 3.30. The van der Waals surface area contributed by atoms with E-state index in [1.807, 2.05) is 0 Å². The van der Waals surface area contributed by atoms with E-state index >= 15 is 0 Å². The fourth-order valence-electron chi connectivity index (χ4n) is 1.71. The third kappa shape index (κ3) is 0.787. The summed E-state index contributed by atoms with van der Waals surface area (Å²) in [5, 5.41) is 8.99. The molecule has 0 aromatic rings. The van der Waals surface area contributed by atoms with Gasteiger partial charge in [0.25, 0.3) is 0 Å². The average Bonchev–Trinajstić information content (AvgIpc) is 1.87. The van der Waals surface area contributed by atoms with E-state index in [-0.39, 0.29) is 5.41 Å². The van der Waals surface area contributed by atoms with Crippen LogP contribution in [-0.4, -0.2) is 11.7 Å². The molecule has 0 bridgehead atoms. The molecule has 1 heteroatoms. The highest BCUT2D eigenvalue weighted by Crippen LogP contribution is 2.50. The van der Waals surface area contributed by atoms with Gasteiger partial charge in [-0.05, 0) is 23.7 Å². The van der Waals surface area contributed by atoms with Crippen molar-refractivity contribution < 1.29 is 5.11 Å². The van der Waals surface area contributed by atoms with E-state index in [9.17, 15) is 0 Å². The summed E-state index contributed by atoms with van der Waals surface area (Å²) in [7, 11) is 0. The minimum Gasteiger partial charge on any atom is -0.396 e. The van der Waals surface area contributed by atoms with Crippen LogP contribution in [0.5, 0.6) is 0 Å². The Kier molecular flexibility index (Phi) is 1.55. The van der Waals surface area contributed by atoms with Crippen molar-refractivity contribution in [2.45, 2.75) is 27.2 Å². The van der Waals surface area contributed by atoms with Crippen LogP contribution in [0, 0.1) is 17.3 Å². The van der Waals surface area contributed by atoms with Crippen molar-refractivity contribution in [1.82, 2.24) is 0 Å². The first-order valence-electron chi connectivity index (χ1n) is 3.72. The molecule has 9 heavy (non-hydrogen) atoms. The van der Waals surface area contributed by atoms with Crippen LogP contribution in [0.2, 0.25) is 0 Å². The van der Waals surface area contributed by atoms with Crippen molar-refractivity contribution in [2.75, 3.05) is 6.61 Å². The largest absolute Gasteiger partial charge is 0.396 e. The average molecular weight is 128 g/mol. The summed E-state index contributed by atoms with van der Waals surface area (Å²) in [6.07, 6.45) is 1.29. The van der Waals surface area contributed by atoms with Crippen molar-refractivity contribution in [3.8, 4) is 0 Å². The topological polar surface area (TPSA) is 20.2 Å². The molecule has 1 rings (SSSR count). The van der Waals surface area contributed by atoms with Gasteiger partial charge < -0.3 is 5.11 Å². The molecule has 0 spiro atoms. The number of rotatable bonds is 1. The molecule has 0 aromatic carbocycles. The molecule has 2 atom stereocenters. The first kappa shape index (κ1) is 7.07. The van der Waals surface area contributed by atoms with Crippen molar-refractivity contribution in [2.24, 2.45) is 17.3 Å². The van der Waals surface area contributed by atoms with Crippen molar-refractivity contribution >= 4 is 0 Å². The van der Waals surface area contributed by atoms with Gasteiger partial charge >= 0.3 is 0 Å². The molecule has 1 nitrogen and oxygen atoms in total. The van der Waals surface area contributed by atoms with Gasteiger partial charge in [0, 0.05) is 6.61 Å². The second-order valence-electron chi connectivity index (χ2n) is 3.70. The minimum atomic E-state index is 0.236. The second-order valence-corrected chi connectivity index (χ2v) is 3.70. The molecule has 1 N–H and O–H groups in total. The van der Waals surface area contributed by atoms with E-state index in [2.05, 4.69) is 20.8 Å². The van der Waals surface area contributed by atoms with E-state index in [0.717, 1.165) is 11.8 Å². The standard InChI is InChI=1S/C8H16O/c1-6-4-7(2)8(6,3)5-9/h6-7,9H,4-5H2,1-3H3. The van der Waals surface area contributed by atoms with E-state index in [4.69, 9.17) is 5.11 Å². The van der Waals surface area contributed by atoms with E-state index in [1.54, 1.807) is 0 Å². The molecule has 0 aromatic heterocycles. The first-order chi connectivity index (χ1) is 4.11. The summed E-state index contributed by atoms with van der Waals surface area (Å²) in [6.45, 7) is 6.97. The zero-order valence-electron chi connectivity index (χ0n) is 6.52. The van der Waals surface area contributed by atoms with Crippen LogP contribution in [-0.2, 0) is 0 Å². The first-order valence-corrected chi connectivity index (χ1v) is 3.72. The van der Waals surface area contributed by atoms with E-state index < -0.39 is 0 Å². The van der Waals surface area contributed by atoms with Gasteiger partial charge in [0.2, 0.25) is 0 Å². The highest BCUT2D eigenvalue weighted by atomic mass is 16.3. The lowest BCUT2D eigenvalue weighted by Gasteiger charge is -2.50. The molecule has 1 fully saturated rings. The maximum atomic E-state index is 8.99. The molecule has 0 amide bonds. The van der Waals surface area contributed by atoms with Gasteiger partial charge in [-0.3, -0.25) is 0 Å². The van der Waals surface area contributed by atoms with Gasteiger partial charge in [-0.2, -0.15) is 0 Å². The third-order valence-corrected chi connectivity index (χ3v) is 3.30. The summed E-state index contributed by atoms with van der Waals surface area (Å²) in [5.41, 5.74) is 0.236. The lowest BCUT2D eigenvalue weighted by atomic mass is 9.55. The Morgan fingerprint density at radius 1 is 1.44 bits per heavy atom.